The molecule has 0 radical (unpaired) electrons. The van der Waals surface area contributed by atoms with Crippen LogP contribution in [0, 0.1) is 5.82 Å². The fourth-order valence-electron chi connectivity index (χ4n) is 2.69. The van der Waals surface area contributed by atoms with E-state index in [1.54, 1.807) is 12.1 Å². The predicted molar refractivity (Wildman–Crippen MR) is 80.9 cm³/mol. The minimum atomic E-state index is -0.204. The summed E-state index contributed by atoms with van der Waals surface area (Å²) in [5.74, 6) is -0.204. The fraction of sp³-hybridized carbons (Fsp3) is 0.600. The van der Waals surface area contributed by atoms with Crippen LogP contribution in [0.5, 0.6) is 0 Å². The highest BCUT2D eigenvalue weighted by Gasteiger charge is 2.22. The van der Waals surface area contributed by atoms with Crippen LogP contribution in [0.3, 0.4) is 0 Å². The standard InChI is InChI=1S/C15H23FN2S/c1-11-9-18(10-12(2)19-11)7-6-15(17)13-4-3-5-14(16)8-13/h3-5,8,11-12,15H,6-7,9-10,17H2,1-2H3. The molecule has 0 aliphatic carbocycles. The molecular weight excluding hydrogens is 259 g/mol. The molecule has 1 fully saturated rings. The van der Waals surface area contributed by atoms with Crippen LogP contribution in [0.4, 0.5) is 4.39 Å². The zero-order valence-electron chi connectivity index (χ0n) is 11.7. The van der Waals surface area contributed by atoms with Gasteiger partial charge in [0.2, 0.25) is 0 Å². The molecule has 3 unspecified atom stereocenters. The topological polar surface area (TPSA) is 29.3 Å². The Kier molecular flexibility index (Phi) is 5.25. The Balaban J connectivity index is 1.84. The predicted octanol–water partition coefficient (Wildman–Crippen LogP) is 3.04. The van der Waals surface area contributed by atoms with Gasteiger partial charge in [0, 0.05) is 36.2 Å². The molecule has 2 nitrogen and oxygen atoms in total. The molecule has 106 valence electrons. The van der Waals surface area contributed by atoms with Crippen LogP contribution in [-0.2, 0) is 0 Å². The zero-order chi connectivity index (χ0) is 13.8. The first kappa shape index (κ1) is 14.8. The maximum absolute atomic E-state index is 13.2. The molecule has 1 aromatic carbocycles. The van der Waals surface area contributed by atoms with Gasteiger partial charge in [-0.3, -0.25) is 0 Å². The Labute approximate surface area is 119 Å². The van der Waals surface area contributed by atoms with Crippen molar-refractivity contribution in [2.45, 2.75) is 36.8 Å². The summed E-state index contributed by atoms with van der Waals surface area (Å²) in [6, 6.07) is 6.57. The van der Waals surface area contributed by atoms with Crippen molar-refractivity contribution >= 4 is 11.8 Å². The normalized spacial score (nSPS) is 26.3. The first-order valence-electron chi connectivity index (χ1n) is 6.93. The van der Waals surface area contributed by atoms with Gasteiger partial charge in [0.25, 0.3) is 0 Å². The van der Waals surface area contributed by atoms with Crippen molar-refractivity contribution in [2.75, 3.05) is 19.6 Å². The summed E-state index contributed by atoms with van der Waals surface area (Å²) in [7, 11) is 0. The number of nitrogens with two attached hydrogens (primary N) is 1. The summed E-state index contributed by atoms with van der Waals surface area (Å²) in [6.45, 7) is 7.81. The van der Waals surface area contributed by atoms with E-state index in [1.165, 1.54) is 6.07 Å². The zero-order valence-corrected chi connectivity index (χ0v) is 12.5. The van der Waals surface area contributed by atoms with Crippen molar-refractivity contribution in [3.63, 3.8) is 0 Å². The molecule has 0 aromatic heterocycles. The molecule has 1 aromatic rings. The van der Waals surface area contributed by atoms with Gasteiger partial charge in [-0.2, -0.15) is 11.8 Å². The molecule has 2 N–H and O–H groups in total. The summed E-state index contributed by atoms with van der Waals surface area (Å²) >= 11 is 2.06. The number of nitrogens with zero attached hydrogens (tertiary/aromatic N) is 1. The van der Waals surface area contributed by atoms with Gasteiger partial charge in [-0.1, -0.05) is 26.0 Å². The average Bonchev–Trinajstić information content (AvgIpc) is 2.35. The molecule has 2 rings (SSSR count). The van der Waals surface area contributed by atoms with Gasteiger partial charge in [0.05, 0.1) is 0 Å². The third kappa shape index (κ3) is 4.48. The first-order valence-corrected chi connectivity index (χ1v) is 7.87. The maximum atomic E-state index is 13.2. The number of halogens is 1. The van der Waals surface area contributed by atoms with Gasteiger partial charge >= 0.3 is 0 Å². The van der Waals surface area contributed by atoms with Crippen LogP contribution in [0.2, 0.25) is 0 Å². The molecule has 0 amide bonds. The smallest absolute Gasteiger partial charge is 0.123 e. The van der Waals surface area contributed by atoms with E-state index in [-0.39, 0.29) is 11.9 Å². The highest BCUT2D eigenvalue weighted by Crippen LogP contribution is 2.25. The maximum Gasteiger partial charge on any atom is 0.123 e. The number of rotatable bonds is 4. The van der Waals surface area contributed by atoms with E-state index in [4.69, 9.17) is 5.73 Å². The van der Waals surface area contributed by atoms with Crippen molar-refractivity contribution < 1.29 is 4.39 Å². The summed E-state index contributed by atoms with van der Waals surface area (Å²) in [5.41, 5.74) is 7.05. The van der Waals surface area contributed by atoms with Gasteiger partial charge in [-0.05, 0) is 24.1 Å². The highest BCUT2D eigenvalue weighted by molar-refractivity contribution is 8.00. The van der Waals surface area contributed by atoms with E-state index in [0.717, 1.165) is 31.6 Å². The molecule has 19 heavy (non-hydrogen) atoms. The van der Waals surface area contributed by atoms with Gasteiger partial charge in [-0.15, -0.1) is 0 Å². The fourth-order valence-corrected chi connectivity index (χ4v) is 4.08. The van der Waals surface area contributed by atoms with Crippen LogP contribution in [0.15, 0.2) is 24.3 Å². The Morgan fingerprint density at radius 3 is 2.68 bits per heavy atom. The largest absolute Gasteiger partial charge is 0.324 e. The molecule has 1 heterocycles. The second-order valence-corrected chi connectivity index (χ2v) is 7.35. The first-order chi connectivity index (χ1) is 9.04. The van der Waals surface area contributed by atoms with Gasteiger partial charge < -0.3 is 10.6 Å². The van der Waals surface area contributed by atoms with E-state index in [0.29, 0.717) is 10.5 Å². The SMILES string of the molecule is CC1CN(CCC(N)c2cccc(F)c2)CC(C)S1. The summed E-state index contributed by atoms with van der Waals surface area (Å²) in [4.78, 5) is 2.48. The van der Waals surface area contributed by atoms with Crippen LogP contribution >= 0.6 is 11.8 Å². The monoisotopic (exact) mass is 282 g/mol. The average molecular weight is 282 g/mol. The molecular formula is C15H23FN2S. The molecule has 1 aliphatic rings. The van der Waals surface area contributed by atoms with Crippen molar-refractivity contribution in [3.8, 4) is 0 Å². The molecule has 0 spiro atoms. The second-order valence-electron chi connectivity index (χ2n) is 5.47. The van der Waals surface area contributed by atoms with Gasteiger partial charge in [0.1, 0.15) is 5.82 Å². The Hall–Kier alpha value is -0.580. The number of hydrogen-bond donors (Lipinski definition) is 1. The summed E-state index contributed by atoms with van der Waals surface area (Å²) in [6.07, 6.45) is 0.883. The Bertz CT molecular complexity index is 403. The lowest BCUT2D eigenvalue weighted by molar-refractivity contribution is 0.260. The minimum absolute atomic E-state index is 0.0732. The van der Waals surface area contributed by atoms with Gasteiger partial charge in [-0.25, -0.2) is 4.39 Å². The lowest BCUT2D eigenvalue weighted by Gasteiger charge is -2.35. The van der Waals surface area contributed by atoms with Crippen molar-refractivity contribution in [1.29, 1.82) is 0 Å². The number of hydrogen-bond acceptors (Lipinski definition) is 3. The van der Waals surface area contributed by atoms with Crippen LogP contribution in [0.1, 0.15) is 31.9 Å². The van der Waals surface area contributed by atoms with Crippen molar-refractivity contribution in [2.24, 2.45) is 5.73 Å². The lowest BCUT2D eigenvalue weighted by Crippen LogP contribution is -2.41. The third-order valence-corrected chi connectivity index (χ3v) is 4.76. The molecule has 3 atom stereocenters. The van der Waals surface area contributed by atoms with Gasteiger partial charge in [0.15, 0.2) is 0 Å². The van der Waals surface area contributed by atoms with E-state index >= 15 is 0 Å². The van der Waals surface area contributed by atoms with E-state index in [9.17, 15) is 4.39 Å². The molecule has 1 aliphatic heterocycles. The summed E-state index contributed by atoms with van der Waals surface area (Å²) in [5, 5.41) is 1.38. The van der Waals surface area contributed by atoms with E-state index < -0.39 is 0 Å². The second kappa shape index (κ2) is 6.73. The Morgan fingerprint density at radius 1 is 1.37 bits per heavy atom. The quantitative estimate of drug-likeness (QED) is 0.920. The van der Waals surface area contributed by atoms with Crippen LogP contribution < -0.4 is 5.73 Å². The van der Waals surface area contributed by atoms with Crippen molar-refractivity contribution in [1.82, 2.24) is 4.90 Å². The lowest BCUT2D eigenvalue weighted by atomic mass is 10.0. The minimum Gasteiger partial charge on any atom is -0.324 e. The molecule has 4 heteroatoms. The van der Waals surface area contributed by atoms with E-state index in [2.05, 4.69) is 30.5 Å². The van der Waals surface area contributed by atoms with E-state index in [1.807, 2.05) is 6.07 Å². The Morgan fingerprint density at radius 2 is 2.05 bits per heavy atom. The third-order valence-electron chi connectivity index (χ3n) is 3.53. The van der Waals surface area contributed by atoms with Crippen LogP contribution in [-0.4, -0.2) is 35.0 Å². The number of thioether (sulfide) groups is 1. The van der Waals surface area contributed by atoms with Crippen molar-refractivity contribution in [3.05, 3.63) is 35.6 Å². The summed E-state index contributed by atoms with van der Waals surface area (Å²) < 4.78 is 13.2. The van der Waals surface area contributed by atoms with Crippen LogP contribution in [0.25, 0.3) is 0 Å². The number of benzene rings is 1. The molecule has 1 saturated heterocycles. The highest BCUT2D eigenvalue weighted by atomic mass is 32.2. The molecule has 0 bridgehead atoms. The molecule has 0 saturated carbocycles.